The predicted octanol–water partition coefficient (Wildman–Crippen LogP) is 6.24. The van der Waals surface area contributed by atoms with Crippen LogP contribution in [0.25, 0.3) is 15.9 Å². The lowest BCUT2D eigenvalue weighted by Gasteiger charge is -2.30. The van der Waals surface area contributed by atoms with Crippen molar-refractivity contribution < 1.29 is 9.53 Å². The van der Waals surface area contributed by atoms with E-state index in [-0.39, 0.29) is 17.1 Å². The highest BCUT2D eigenvalue weighted by molar-refractivity contribution is 7.99. The molecule has 2 aromatic heterocycles. The van der Waals surface area contributed by atoms with Crippen LogP contribution in [0.3, 0.4) is 0 Å². The molecule has 0 saturated heterocycles. The molecule has 3 heterocycles. The maximum Gasteiger partial charge on any atom is 0.267 e. The highest BCUT2D eigenvalue weighted by Gasteiger charge is 2.27. The molecule has 0 spiro atoms. The molecule has 0 radical (unpaired) electrons. The smallest absolute Gasteiger partial charge is 0.267 e. The number of fused-ring (bicyclic) bond motifs is 3. The molecule has 0 fully saturated rings. The van der Waals surface area contributed by atoms with E-state index >= 15 is 0 Å². The molecule has 0 N–H and O–H groups in total. The van der Waals surface area contributed by atoms with Crippen LogP contribution in [0.1, 0.15) is 41.6 Å². The van der Waals surface area contributed by atoms with Gasteiger partial charge in [-0.05, 0) is 81.3 Å². The van der Waals surface area contributed by atoms with Gasteiger partial charge in [-0.2, -0.15) is 0 Å². The highest BCUT2D eigenvalue weighted by Crippen LogP contribution is 2.35. The minimum absolute atomic E-state index is 0.0488. The number of ether oxygens (including phenoxy) is 1. The van der Waals surface area contributed by atoms with E-state index in [1.54, 1.807) is 40.2 Å². The summed E-state index contributed by atoms with van der Waals surface area (Å²) in [6.45, 7) is 8.64. The van der Waals surface area contributed by atoms with Crippen molar-refractivity contribution in [2.75, 3.05) is 18.9 Å². The van der Waals surface area contributed by atoms with Crippen LogP contribution in [0.4, 0.5) is 0 Å². The zero-order valence-electron chi connectivity index (χ0n) is 21.0. The number of aromatic nitrogens is 2. The average Bonchev–Trinajstić information content (AvgIpc) is 3.26. The van der Waals surface area contributed by atoms with Gasteiger partial charge < -0.3 is 4.74 Å². The third-order valence-electron chi connectivity index (χ3n) is 6.51. The number of carbonyl (C=O) groups excluding carboxylic acids is 1. The molecule has 0 aliphatic carbocycles. The molecule has 1 aliphatic rings. The molecule has 4 aromatic rings. The van der Waals surface area contributed by atoms with E-state index in [1.165, 1.54) is 16.6 Å². The molecular weight excluding hydrogens is 526 g/mol. The summed E-state index contributed by atoms with van der Waals surface area (Å²) in [6, 6.07) is 14.7. The number of hydrogen-bond acceptors (Lipinski definition) is 7. The van der Waals surface area contributed by atoms with Crippen LogP contribution in [-0.2, 0) is 13.0 Å². The molecule has 37 heavy (non-hydrogen) atoms. The van der Waals surface area contributed by atoms with E-state index in [0.717, 1.165) is 35.7 Å². The van der Waals surface area contributed by atoms with Gasteiger partial charge in [0.25, 0.3) is 5.56 Å². The number of carbonyl (C=O) groups is 1. The summed E-state index contributed by atoms with van der Waals surface area (Å²) in [4.78, 5) is 36.2. The molecule has 0 atom stereocenters. The number of hydrogen-bond donors (Lipinski definition) is 0. The Kier molecular flexibility index (Phi) is 7.72. The third kappa shape index (κ3) is 5.34. The van der Waals surface area contributed by atoms with E-state index < -0.39 is 0 Å². The number of halogens is 1. The van der Waals surface area contributed by atoms with Gasteiger partial charge >= 0.3 is 0 Å². The standard InChI is InChI=1S/C28H28ClN3O3S2/c1-4-35-21-11-9-20(10-12-21)32-27(34)25-22-13-14-31(17(2)3)15-24(22)37-26(25)30-28(32)36-16-23(33)18-5-7-19(29)8-6-18/h5-12,17H,4,13-16H2,1-3H3. The molecule has 6 nitrogen and oxygen atoms in total. The molecule has 0 bridgehead atoms. The molecule has 5 rings (SSSR count). The Balaban J connectivity index is 1.57. The maximum atomic E-state index is 14.0. The molecule has 0 amide bonds. The Morgan fingerprint density at radius 3 is 2.57 bits per heavy atom. The Hall–Kier alpha value is -2.65. The van der Waals surface area contributed by atoms with Crippen LogP contribution < -0.4 is 10.3 Å². The fourth-order valence-corrected chi connectivity index (χ4v) is 6.84. The summed E-state index contributed by atoms with van der Waals surface area (Å²) in [5, 5.41) is 1.78. The first-order valence-electron chi connectivity index (χ1n) is 12.3. The minimum atomic E-state index is -0.0916. The quantitative estimate of drug-likeness (QED) is 0.146. The van der Waals surface area contributed by atoms with Gasteiger partial charge in [-0.15, -0.1) is 11.3 Å². The van der Waals surface area contributed by atoms with Gasteiger partial charge in [0.1, 0.15) is 10.6 Å². The van der Waals surface area contributed by atoms with Crippen LogP contribution in [0.5, 0.6) is 5.75 Å². The Morgan fingerprint density at radius 2 is 1.89 bits per heavy atom. The van der Waals surface area contributed by atoms with E-state index in [1.807, 2.05) is 31.2 Å². The first-order valence-corrected chi connectivity index (χ1v) is 14.5. The molecule has 0 unspecified atom stereocenters. The summed E-state index contributed by atoms with van der Waals surface area (Å²) >= 11 is 8.85. The van der Waals surface area contributed by atoms with E-state index in [4.69, 9.17) is 21.3 Å². The van der Waals surface area contributed by atoms with Crippen LogP contribution >= 0.6 is 34.7 Å². The van der Waals surface area contributed by atoms with E-state index in [0.29, 0.717) is 39.5 Å². The zero-order valence-corrected chi connectivity index (χ0v) is 23.4. The molecule has 9 heteroatoms. The summed E-state index contributed by atoms with van der Waals surface area (Å²) in [7, 11) is 0. The third-order valence-corrected chi connectivity index (χ3v) is 8.81. The summed E-state index contributed by atoms with van der Waals surface area (Å²) in [5.41, 5.74) is 2.30. The van der Waals surface area contributed by atoms with Crippen molar-refractivity contribution in [1.82, 2.24) is 14.5 Å². The summed E-state index contributed by atoms with van der Waals surface area (Å²) < 4.78 is 7.23. The molecule has 0 saturated carbocycles. The number of benzene rings is 2. The van der Waals surface area contributed by atoms with Gasteiger partial charge in [0.15, 0.2) is 10.9 Å². The predicted molar refractivity (Wildman–Crippen MR) is 152 cm³/mol. The first kappa shape index (κ1) is 26.0. The van der Waals surface area contributed by atoms with E-state index in [9.17, 15) is 9.59 Å². The van der Waals surface area contributed by atoms with Crippen molar-refractivity contribution in [3.05, 3.63) is 79.9 Å². The van der Waals surface area contributed by atoms with Gasteiger partial charge in [0.2, 0.25) is 0 Å². The van der Waals surface area contributed by atoms with Crippen LogP contribution in [-0.4, -0.2) is 45.2 Å². The second-order valence-corrected chi connectivity index (χ2v) is 11.6. The molecular formula is C28H28ClN3O3S2. The average molecular weight is 554 g/mol. The first-order chi connectivity index (χ1) is 17.9. The largest absolute Gasteiger partial charge is 0.494 e. The van der Waals surface area contributed by atoms with Gasteiger partial charge in [-0.25, -0.2) is 4.98 Å². The summed E-state index contributed by atoms with van der Waals surface area (Å²) in [6.07, 6.45) is 0.829. The topological polar surface area (TPSA) is 64.4 Å². The second-order valence-electron chi connectivity index (χ2n) is 9.18. The fraction of sp³-hybridized carbons (Fsp3) is 0.321. The highest BCUT2D eigenvalue weighted by atomic mass is 35.5. The van der Waals surface area contributed by atoms with Crippen molar-refractivity contribution >= 4 is 50.7 Å². The summed E-state index contributed by atoms with van der Waals surface area (Å²) in [5.74, 6) is 0.845. The van der Waals surface area contributed by atoms with Crippen molar-refractivity contribution in [1.29, 1.82) is 0 Å². The number of ketones is 1. The molecule has 2 aromatic carbocycles. The van der Waals surface area contributed by atoms with Crippen molar-refractivity contribution in [3.8, 4) is 11.4 Å². The normalized spacial score (nSPS) is 13.8. The number of nitrogens with zero attached hydrogens (tertiary/aromatic N) is 3. The minimum Gasteiger partial charge on any atom is -0.494 e. The van der Waals surface area contributed by atoms with Gasteiger partial charge in [0, 0.05) is 34.6 Å². The van der Waals surface area contributed by atoms with E-state index in [2.05, 4.69) is 18.7 Å². The number of Topliss-reactive ketones (excluding diaryl/α,β-unsaturated/α-hetero) is 1. The van der Waals surface area contributed by atoms with Gasteiger partial charge in [0.05, 0.1) is 23.4 Å². The van der Waals surface area contributed by atoms with Crippen LogP contribution in [0.2, 0.25) is 5.02 Å². The monoisotopic (exact) mass is 553 g/mol. The maximum absolute atomic E-state index is 14.0. The second kappa shape index (κ2) is 11.0. The lowest BCUT2D eigenvalue weighted by Crippen LogP contribution is -2.35. The van der Waals surface area contributed by atoms with Gasteiger partial charge in [-0.3, -0.25) is 19.1 Å². The lowest BCUT2D eigenvalue weighted by atomic mass is 10.0. The van der Waals surface area contributed by atoms with Crippen molar-refractivity contribution in [3.63, 3.8) is 0 Å². The fourth-order valence-electron chi connectivity index (χ4n) is 4.52. The number of thioether (sulfide) groups is 1. The van der Waals surface area contributed by atoms with Crippen LogP contribution in [0.15, 0.2) is 58.5 Å². The lowest BCUT2D eigenvalue weighted by molar-refractivity contribution is 0.102. The van der Waals surface area contributed by atoms with Crippen molar-refractivity contribution in [2.45, 2.75) is 44.9 Å². The molecule has 192 valence electrons. The zero-order chi connectivity index (χ0) is 26.1. The Labute approximate surface area is 229 Å². The number of thiophene rings is 1. The SMILES string of the molecule is CCOc1ccc(-n2c(SCC(=O)c3ccc(Cl)cc3)nc3sc4c(c3c2=O)CCN(C(C)C)C4)cc1. The van der Waals surface area contributed by atoms with Crippen LogP contribution in [0, 0.1) is 0 Å². The Bertz CT molecular complexity index is 1490. The molecule has 1 aliphatic heterocycles. The van der Waals surface area contributed by atoms with Crippen molar-refractivity contribution in [2.24, 2.45) is 0 Å². The Morgan fingerprint density at radius 1 is 1.16 bits per heavy atom. The van der Waals surface area contributed by atoms with Gasteiger partial charge in [-0.1, -0.05) is 23.4 Å². The number of rotatable bonds is 8.